The Labute approximate surface area is 129 Å². The summed E-state index contributed by atoms with van der Waals surface area (Å²) < 4.78 is 0.926. The SMILES string of the molecule is CC1CCCC(C(CN)Nc2ccc(Br)c(Cl)c2)C1. The Hall–Kier alpha value is -0.250. The third-order valence-electron chi connectivity index (χ3n) is 4.07. The molecule has 2 nitrogen and oxygen atoms in total. The second-order valence-corrected chi connectivity index (χ2v) is 6.91. The van der Waals surface area contributed by atoms with Gasteiger partial charge in [-0.05, 0) is 58.8 Å². The molecule has 1 saturated carbocycles. The number of rotatable bonds is 4. The molecule has 0 amide bonds. The van der Waals surface area contributed by atoms with E-state index in [0.29, 0.717) is 18.5 Å². The summed E-state index contributed by atoms with van der Waals surface area (Å²) in [6.07, 6.45) is 5.24. The van der Waals surface area contributed by atoms with Gasteiger partial charge >= 0.3 is 0 Å². The van der Waals surface area contributed by atoms with Crippen LogP contribution in [0.15, 0.2) is 22.7 Å². The molecule has 106 valence electrons. The Bertz CT molecular complexity index is 425. The van der Waals surface area contributed by atoms with E-state index >= 15 is 0 Å². The predicted molar refractivity (Wildman–Crippen MR) is 86.7 cm³/mol. The average molecular weight is 346 g/mol. The van der Waals surface area contributed by atoms with E-state index in [1.54, 1.807) is 0 Å². The molecule has 3 N–H and O–H groups in total. The van der Waals surface area contributed by atoms with Crippen molar-refractivity contribution in [2.24, 2.45) is 17.6 Å². The van der Waals surface area contributed by atoms with Gasteiger partial charge in [0.25, 0.3) is 0 Å². The van der Waals surface area contributed by atoms with E-state index < -0.39 is 0 Å². The number of hydrogen-bond acceptors (Lipinski definition) is 2. The number of nitrogens with one attached hydrogen (secondary N) is 1. The zero-order valence-corrected chi connectivity index (χ0v) is 13.7. The quantitative estimate of drug-likeness (QED) is 0.832. The van der Waals surface area contributed by atoms with Crippen LogP contribution in [0.5, 0.6) is 0 Å². The van der Waals surface area contributed by atoms with Crippen LogP contribution in [0.2, 0.25) is 5.02 Å². The van der Waals surface area contributed by atoms with Gasteiger partial charge in [0.2, 0.25) is 0 Å². The lowest BCUT2D eigenvalue weighted by atomic mass is 9.78. The first-order valence-electron chi connectivity index (χ1n) is 7.01. The van der Waals surface area contributed by atoms with Crippen LogP contribution in [-0.2, 0) is 0 Å². The van der Waals surface area contributed by atoms with Crippen LogP contribution in [0.3, 0.4) is 0 Å². The summed E-state index contributed by atoms with van der Waals surface area (Å²) in [5.41, 5.74) is 7.02. The number of hydrogen-bond donors (Lipinski definition) is 2. The molecule has 1 aromatic rings. The van der Waals surface area contributed by atoms with Crippen molar-refractivity contribution in [3.8, 4) is 0 Å². The molecule has 1 aliphatic carbocycles. The largest absolute Gasteiger partial charge is 0.381 e. The molecule has 3 atom stereocenters. The molecule has 0 radical (unpaired) electrons. The summed E-state index contributed by atoms with van der Waals surface area (Å²) >= 11 is 9.54. The molecule has 2 rings (SSSR count). The molecule has 19 heavy (non-hydrogen) atoms. The average Bonchev–Trinajstić information content (AvgIpc) is 2.40. The van der Waals surface area contributed by atoms with Crippen molar-refractivity contribution in [2.45, 2.75) is 38.6 Å². The van der Waals surface area contributed by atoms with Crippen LogP contribution in [0.1, 0.15) is 32.6 Å². The fraction of sp³-hybridized carbons (Fsp3) is 0.600. The maximum atomic E-state index is 6.13. The predicted octanol–water partition coefficient (Wildman–Crippen LogP) is 4.67. The first-order chi connectivity index (χ1) is 9.10. The van der Waals surface area contributed by atoms with Crippen LogP contribution in [0, 0.1) is 11.8 Å². The van der Waals surface area contributed by atoms with Gasteiger partial charge in [0.1, 0.15) is 0 Å². The Morgan fingerprint density at radius 3 is 2.89 bits per heavy atom. The van der Waals surface area contributed by atoms with Crippen molar-refractivity contribution in [3.05, 3.63) is 27.7 Å². The molecular formula is C15H22BrClN2. The van der Waals surface area contributed by atoms with Gasteiger partial charge in [0, 0.05) is 22.7 Å². The molecule has 1 fully saturated rings. The van der Waals surface area contributed by atoms with Gasteiger partial charge in [-0.2, -0.15) is 0 Å². The van der Waals surface area contributed by atoms with Gasteiger partial charge in [0.05, 0.1) is 5.02 Å². The number of benzene rings is 1. The topological polar surface area (TPSA) is 38.0 Å². The molecule has 0 bridgehead atoms. The number of nitrogens with two attached hydrogens (primary N) is 1. The van der Waals surface area contributed by atoms with Crippen molar-refractivity contribution in [1.82, 2.24) is 0 Å². The number of anilines is 1. The van der Waals surface area contributed by atoms with E-state index in [4.69, 9.17) is 17.3 Å². The summed E-state index contributed by atoms with van der Waals surface area (Å²) in [6, 6.07) is 6.33. The van der Waals surface area contributed by atoms with E-state index in [-0.39, 0.29) is 0 Å². The van der Waals surface area contributed by atoms with Crippen LogP contribution < -0.4 is 11.1 Å². The van der Waals surface area contributed by atoms with Crippen LogP contribution >= 0.6 is 27.5 Å². The molecule has 1 aromatic carbocycles. The first kappa shape index (κ1) is 15.1. The lowest BCUT2D eigenvalue weighted by molar-refractivity contribution is 0.257. The second kappa shape index (κ2) is 6.96. The molecule has 0 saturated heterocycles. The van der Waals surface area contributed by atoms with Gasteiger partial charge in [0.15, 0.2) is 0 Å². The Morgan fingerprint density at radius 2 is 2.26 bits per heavy atom. The van der Waals surface area contributed by atoms with Crippen molar-refractivity contribution in [2.75, 3.05) is 11.9 Å². The molecular weight excluding hydrogens is 324 g/mol. The molecule has 0 heterocycles. The van der Waals surface area contributed by atoms with Gasteiger partial charge in [-0.25, -0.2) is 0 Å². The molecule has 4 heteroatoms. The highest BCUT2D eigenvalue weighted by atomic mass is 79.9. The highest BCUT2D eigenvalue weighted by Gasteiger charge is 2.25. The van der Waals surface area contributed by atoms with Crippen molar-refractivity contribution in [3.63, 3.8) is 0 Å². The smallest absolute Gasteiger partial charge is 0.0568 e. The maximum absolute atomic E-state index is 6.13. The lowest BCUT2D eigenvalue weighted by Crippen LogP contribution is -2.38. The normalized spacial score (nSPS) is 25.1. The minimum absolute atomic E-state index is 0.347. The van der Waals surface area contributed by atoms with E-state index in [2.05, 4.69) is 28.2 Å². The van der Waals surface area contributed by atoms with E-state index in [1.165, 1.54) is 25.7 Å². The molecule has 0 spiro atoms. The van der Waals surface area contributed by atoms with Gasteiger partial charge in [-0.1, -0.05) is 31.4 Å². The Balaban J connectivity index is 2.03. The van der Waals surface area contributed by atoms with Crippen molar-refractivity contribution in [1.29, 1.82) is 0 Å². The first-order valence-corrected chi connectivity index (χ1v) is 8.19. The van der Waals surface area contributed by atoms with Crippen LogP contribution in [0.25, 0.3) is 0 Å². The molecule has 1 aliphatic rings. The highest BCUT2D eigenvalue weighted by molar-refractivity contribution is 9.10. The van der Waals surface area contributed by atoms with Gasteiger partial charge in [-0.15, -0.1) is 0 Å². The Morgan fingerprint density at radius 1 is 1.47 bits per heavy atom. The van der Waals surface area contributed by atoms with Gasteiger partial charge < -0.3 is 11.1 Å². The zero-order chi connectivity index (χ0) is 13.8. The molecule has 0 aliphatic heterocycles. The lowest BCUT2D eigenvalue weighted by Gasteiger charge is -2.33. The Kier molecular flexibility index (Phi) is 5.55. The maximum Gasteiger partial charge on any atom is 0.0568 e. The molecule has 0 aromatic heterocycles. The summed E-state index contributed by atoms with van der Waals surface area (Å²) in [4.78, 5) is 0. The zero-order valence-electron chi connectivity index (χ0n) is 11.3. The third kappa shape index (κ3) is 4.11. The minimum Gasteiger partial charge on any atom is -0.381 e. The summed E-state index contributed by atoms with van der Waals surface area (Å²) in [5, 5.41) is 4.29. The van der Waals surface area contributed by atoms with Crippen LogP contribution in [-0.4, -0.2) is 12.6 Å². The van der Waals surface area contributed by atoms with E-state index in [9.17, 15) is 0 Å². The van der Waals surface area contributed by atoms with Crippen LogP contribution in [0.4, 0.5) is 5.69 Å². The molecule has 3 unspecified atom stereocenters. The monoisotopic (exact) mass is 344 g/mol. The summed E-state index contributed by atoms with van der Waals surface area (Å²) in [5.74, 6) is 1.50. The fourth-order valence-corrected chi connectivity index (χ4v) is 3.44. The highest BCUT2D eigenvalue weighted by Crippen LogP contribution is 2.32. The van der Waals surface area contributed by atoms with E-state index in [1.807, 2.05) is 18.2 Å². The summed E-state index contributed by atoms with van der Waals surface area (Å²) in [7, 11) is 0. The standard InChI is InChI=1S/C15H22BrClN2/c1-10-3-2-4-11(7-10)15(9-18)19-12-5-6-13(16)14(17)8-12/h5-6,8,10-11,15,19H,2-4,7,9,18H2,1H3. The third-order valence-corrected chi connectivity index (χ3v) is 5.30. The second-order valence-electron chi connectivity index (χ2n) is 5.65. The number of halogens is 2. The van der Waals surface area contributed by atoms with Crippen molar-refractivity contribution >= 4 is 33.2 Å². The van der Waals surface area contributed by atoms with Gasteiger partial charge in [-0.3, -0.25) is 0 Å². The van der Waals surface area contributed by atoms with E-state index in [0.717, 1.165) is 21.1 Å². The fourth-order valence-electron chi connectivity index (χ4n) is 3.02. The minimum atomic E-state index is 0.347. The summed E-state index contributed by atoms with van der Waals surface area (Å²) in [6.45, 7) is 3.02. The van der Waals surface area contributed by atoms with Crippen molar-refractivity contribution < 1.29 is 0 Å².